The molecule has 1 spiro atoms. The van der Waals surface area contributed by atoms with Crippen molar-refractivity contribution < 1.29 is 9.90 Å². The van der Waals surface area contributed by atoms with Crippen molar-refractivity contribution in [1.82, 2.24) is 24.5 Å². The third-order valence-electron chi connectivity index (χ3n) is 9.18. The molecule has 7 rings (SSSR count). The first kappa shape index (κ1) is 37.5. The maximum Gasteiger partial charge on any atom is 0.270 e. The second-order valence-corrected chi connectivity index (χ2v) is 13.2. The minimum atomic E-state index is -0.791. The molecule has 1 aromatic carbocycles. The molecule has 5 heterocycles. The summed E-state index contributed by atoms with van der Waals surface area (Å²) < 4.78 is 1.44. The molecule has 0 radical (unpaired) electrons. The van der Waals surface area contributed by atoms with Crippen LogP contribution in [-0.4, -0.2) is 48.6 Å². The van der Waals surface area contributed by atoms with E-state index in [0.29, 0.717) is 34.5 Å². The average molecular weight is 756 g/mol. The number of hydrogen-bond acceptors (Lipinski definition) is 11. The van der Waals surface area contributed by atoms with Crippen molar-refractivity contribution in [1.29, 1.82) is 0 Å². The van der Waals surface area contributed by atoms with Crippen LogP contribution in [0.25, 0.3) is 0 Å². The van der Waals surface area contributed by atoms with Crippen molar-refractivity contribution in [2.45, 2.75) is 61.0 Å². The average Bonchev–Trinajstić information content (AvgIpc) is 3.30. The molecule has 2 aliphatic heterocycles. The zero-order valence-electron chi connectivity index (χ0n) is 25.6. The second-order valence-electron chi connectivity index (χ2n) is 11.8. The molecule has 48 heavy (non-hydrogen) atoms. The lowest BCUT2D eigenvalue weighted by atomic mass is 9.73. The predicted molar refractivity (Wildman–Crippen MR) is 194 cm³/mol. The SMILES string of the molecule is Cl.Cl.Cl.Nc1nc(N2CCC3(CC2)Cc2ncccc2[C@H]3N)cnc1Sc1cccc(NC(=O)c2c(O)nc3n(c2=O)CCCC3)c1Cl. The van der Waals surface area contributed by atoms with E-state index < -0.39 is 22.9 Å². The Hall–Kier alpha value is -3.33. The van der Waals surface area contributed by atoms with E-state index in [1.54, 1.807) is 24.4 Å². The molecule has 1 saturated heterocycles. The molecule has 1 aliphatic carbocycles. The molecule has 0 bridgehead atoms. The summed E-state index contributed by atoms with van der Waals surface area (Å²) in [6, 6.07) is 9.11. The van der Waals surface area contributed by atoms with Crippen LogP contribution in [0.1, 0.15) is 59.2 Å². The number of halogens is 4. The first-order valence-electron chi connectivity index (χ1n) is 14.9. The molecule has 17 heteroatoms. The number of nitrogens with zero attached hydrogens (tertiary/aromatic N) is 6. The van der Waals surface area contributed by atoms with Crippen molar-refractivity contribution >= 4 is 83.8 Å². The number of nitrogen functional groups attached to an aromatic ring is 1. The highest BCUT2D eigenvalue weighted by Crippen LogP contribution is 2.50. The molecule has 1 atom stereocenters. The number of nitrogens with two attached hydrogens (primary N) is 2. The third-order valence-corrected chi connectivity index (χ3v) is 10.8. The van der Waals surface area contributed by atoms with Crippen molar-refractivity contribution in [3.63, 3.8) is 0 Å². The quantitative estimate of drug-likeness (QED) is 0.210. The first-order valence-corrected chi connectivity index (χ1v) is 16.1. The highest BCUT2D eigenvalue weighted by atomic mass is 35.5. The van der Waals surface area contributed by atoms with Crippen molar-refractivity contribution in [2.24, 2.45) is 11.1 Å². The lowest BCUT2D eigenvalue weighted by molar-refractivity contribution is 0.102. The van der Waals surface area contributed by atoms with Crippen molar-refractivity contribution in [2.75, 3.05) is 29.0 Å². The summed E-state index contributed by atoms with van der Waals surface area (Å²) in [4.78, 5) is 46.8. The Bertz CT molecular complexity index is 1890. The Balaban J connectivity index is 0.00000173. The lowest BCUT2D eigenvalue weighted by Gasteiger charge is -2.42. The Morgan fingerprint density at radius 3 is 2.56 bits per heavy atom. The van der Waals surface area contributed by atoms with E-state index in [-0.39, 0.29) is 65.2 Å². The van der Waals surface area contributed by atoms with Gasteiger partial charge in [-0.15, -0.1) is 37.2 Å². The summed E-state index contributed by atoms with van der Waals surface area (Å²) in [7, 11) is 0. The van der Waals surface area contributed by atoms with E-state index in [0.717, 1.165) is 56.5 Å². The topological polar surface area (TPSA) is 178 Å². The van der Waals surface area contributed by atoms with Gasteiger partial charge in [0.05, 0.1) is 16.9 Å². The molecular formula is C31H35Cl4N9O3S. The van der Waals surface area contributed by atoms with E-state index in [9.17, 15) is 14.7 Å². The van der Waals surface area contributed by atoms with Crippen LogP contribution < -0.4 is 27.2 Å². The summed E-state index contributed by atoms with van der Waals surface area (Å²) in [5, 5.41) is 13.8. The number of aromatic nitrogens is 5. The molecule has 1 amide bonds. The fraction of sp³-hybridized carbons (Fsp3) is 0.355. The first-order chi connectivity index (χ1) is 21.7. The van der Waals surface area contributed by atoms with Crippen LogP contribution in [0.15, 0.2) is 57.4 Å². The highest BCUT2D eigenvalue weighted by molar-refractivity contribution is 7.99. The molecule has 1 fully saturated rings. The number of pyridine rings is 1. The Kier molecular flexibility index (Phi) is 11.8. The number of hydrogen-bond donors (Lipinski definition) is 4. The van der Waals surface area contributed by atoms with Crippen LogP contribution >= 0.6 is 60.6 Å². The number of anilines is 3. The van der Waals surface area contributed by atoms with Gasteiger partial charge in [-0.3, -0.25) is 19.1 Å². The zero-order chi connectivity index (χ0) is 31.3. The van der Waals surface area contributed by atoms with E-state index >= 15 is 0 Å². The summed E-state index contributed by atoms with van der Waals surface area (Å²) in [5.41, 5.74) is 14.6. The monoisotopic (exact) mass is 753 g/mol. The van der Waals surface area contributed by atoms with Crippen LogP contribution in [0.4, 0.5) is 17.3 Å². The molecule has 3 aliphatic rings. The van der Waals surface area contributed by atoms with Gasteiger partial charge in [-0.25, -0.2) is 9.97 Å². The maximum absolute atomic E-state index is 13.1. The molecular weight excluding hydrogens is 720 g/mol. The molecule has 4 aromatic rings. The molecule has 256 valence electrons. The normalized spacial score (nSPS) is 17.3. The van der Waals surface area contributed by atoms with E-state index in [1.165, 1.54) is 16.3 Å². The number of piperidine rings is 1. The largest absolute Gasteiger partial charge is 0.493 e. The van der Waals surface area contributed by atoms with Crippen LogP contribution in [0.3, 0.4) is 0 Å². The van der Waals surface area contributed by atoms with Gasteiger partial charge in [0, 0.05) is 48.9 Å². The van der Waals surface area contributed by atoms with Gasteiger partial charge in [0.1, 0.15) is 16.7 Å². The molecule has 0 unspecified atom stereocenters. The number of rotatable bonds is 5. The van der Waals surface area contributed by atoms with Gasteiger partial charge < -0.3 is 26.8 Å². The van der Waals surface area contributed by atoms with Gasteiger partial charge in [0.25, 0.3) is 11.5 Å². The minimum Gasteiger partial charge on any atom is -0.493 e. The van der Waals surface area contributed by atoms with E-state index in [2.05, 4.69) is 36.2 Å². The molecule has 3 aromatic heterocycles. The van der Waals surface area contributed by atoms with Crippen LogP contribution in [-0.2, 0) is 19.4 Å². The Labute approximate surface area is 304 Å². The van der Waals surface area contributed by atoms with E-state index in [1.807, 2.05) is 12.3 Å². The molecule has 6 N–H and O–H groups in total. The number of benzene rings is 1. The van der Waals surface area contributed by atoms with Crippen LogP contribution in [0.2, 0.25) is 5.02 Å². The van der Waals surface area contributed by atoms with Crippen molar-refractivity contribution in [3.8, 4) is 5.88 Å². The van der Waals surface area contributed by atoms with Gasteiger partial charge in [-0.1, -0.05) is 35.5 Å². The van der Waals surface area contributed by atoms with Gasteiger partial charge in [0.2, 0.25) is 5.88 Å². The lowest BCUT2D eigenvalue weighted by Crippen LogP contribution is -2.44. The summed E-state index contributed by atoms with van der Waals surface area (Å²) in [6.07, 6.45) is 8.52. The smallest absolute Gasteiger partial charge is 0.270 e. The third kappa shape index (κ3) is 6.76. The Morgan fingerprint density at radius 2 is 1.83 bits per heavy atom. The van der Waals surface area contributed by atoms with E-state index in [4.69, 9.17) is 23.1 Å². The zero-order valence-corrected chi connectivity index (χ0v) is 29.6. The number of carbonyl (C=O) groups is 1. The summed E-state index contributed by atoms with van der Waals surface area (Å²) in [5.74, 6) is 0.0570. The number of carbonyl (C=O) groups excluding carboxylic acids is 1. The molecule has 12 nitrogen and oxygen atoms in total. The second kappa shape index (κ2) is 15.1. The fourth-order valence-electron chi connectivity index (χ4n) is 6.67. The number of aromatic hydroxyl groups is 1. The number of aryl methyl sites for hydroxylation is 1. The highest BCUT2D eigenvalue weighted by Gasteiger charge is 2.46. The van der Waals surface area contributed by atoms with Gasteiger partial charge >= 0.3 is 0 Å². The van der Waals surface area contributed by atoms with Crippen LogP contribution in [0.5, 0.6) is 5.88 Å². The maximum atomic E-state index is 13.1. The van der Waals surface area contributed by atoms with Crippen molar-refractivity contribution in [3.05, 3.63) is 80.7 Å². The minimum absolute atomic E-state index is 0. The summed E-state index contributed by atoms with van der Waals surface area (Å²) >= 11 is 7.90. The number of nitrogens with one attached hydrogen (secondary N) is 1. The molecule has 0 saturated carbocycles. The van der Waals surface area contributed by atoms with Crippen LogP contribution in [0, 0.1) is 5.41 Å². The standard InChI is InChI=1S/C31H32ClN9O3S.3ClH/c32-24-18(37-27(42)23-28(43)39-21-8-1-2-12-41(21)30(23)44)6-3-7-20(24)45-29-26(34)38-22(16-36-29)40-13-9-31(10-14-40)15-19-17(25(31)33)5-4-11-35-19;;;/h3-7,11,16,25,43H,1-2,8-10,12-15,33H2,(H2,34,38)(H,37,42);3*1H/t25-;;;/m1.../s1. The fourth-order valence-corrected chi connectivity index (χ4v) is 7.77. The predicted octanol–water partition coefficient (Wildman–Crippen LogP) is 5.22. The summed E-state index contributed by atoms with van der Waals surface area (Å²) in [6.45, 7) is 2.03. The number of fused-ring (bicyclic) bond motifs is 2. The Morgan fingerprint density at radius 1 is 1.06 bits per heavy atom. The van der Waals surface area contributed by atoms with Gasteiger partial charge in [-0.2, -0.15) is 4.98 Å². The van der Waals surface area contributed by atoms with Gasteiger partial charge in [0.15, 0.2) is 11.4 Å². The number of amides is 1. The van der Waals surface area contributed by atoms with Gasteiger partial charge in [-0.05, 0) is 61.3 Å².